The van der Waals surface area contributed by atoms with Crippen LogP contribution in [0.5, 0.6) is 28.7 Å². The lowest BCUT2D eigenvalue weighted by Gasteiger charge is -2.34. The molecule has 2 aliphatic carbocycles. The summed E-state index contributed by atoms with van der Waals surface area (Å²) < 4.78 is 58.5. The number of aromatic hydroxyl groups is 1. The molecule has 6 heterocycles. The molecule has 2 saturated carbocycles. The number of aromatic amines is 2. The summed E-state index contributed by atoms with van der Waals surface area (Å²) >= 11 is 0. The Hall–Kier alpha value is -7.24. The number of ether oxygens (including phenoxy) is 5. The number of halogens is 3. The molecule has 1 amide bonds. The van der Waals surface area contributed by atoms with Gasteiger partial charge in [-0.05, 0) is 174 Å². The zero-order valence-electron chi connectivity index (χ0n) is 43.7. The van der Waals surface area contributed by atoms with Crippen molar-refractivity contribution in [2.45, 2.75) is 96.2 Å². The SMILES string of the molecule is COc1ccc(COc2cccc(OCC3CC3)c2-c2cc(C3CCCN(C(=O)OC(C)(C)C)C3)c3cc(F)c(=O)[nH]c3n2)cc1.Cl.O=c1[nH]c2nc(-c3c(O)cccc3OCC3CC3)cc(C3CCCNC3)c2cc1F. The molecule has 0 bridgehead atoms. The van der Waals surface area contributed by atoms with E-state index in [2.05, 4.69) is 20.3 Å². The van der Waals surface area contributed by atoms with Gasteiger partial charge >= 0.3 is 6.09 Å². The van der Waals surface area contributed by atoms with Crippen LogP contribution in [-0.4, -0.2) is 88.1 Å². The van der Waals surface area contributed by atoms with E-state index in [-0.39, 0.29) is 41.7 Å². The fourth-order valence-corrected chi connectivity index (χ4v) is 9.90. The van der Waals surface area contributed by atoms with Crippen molar-refractivity contribution in [1.82, 2.24) is 30.2 Å². The van der Waals surface area contributed by atoms with Crippen molar-refractivity contribution in [3.05, 3.63) is 134 Å². The molecular formula is C59H65ClF2N6O9. The number of phenols is 1. The molecule has 2 unspecified atom stereocenters. The van der Waals surface area contributed by atoms with Gasteiger partial charge in [-0.25, -0.2) is 23.5 Å². The third-order valence-electron chi connectivity index (χ3n) is 14.3. The van der Waals surface area contributed by atoms with E-state index in [4.69, 9.17) is 28.7 Å². The van der Waals surface area contributed by atoms with Crippen molar-refractivity contribution < 1.29 is 42.4 Å². The number of rotatable bonds is 14. The Labute approximate surface area is 451 Å². The maximum atomic E-state index is 14.7. The molecule has 15 nitrogen and oxygen atoms in total. The van der Waals surface area contributed by atoms with Gasteiger partial charge in [0.15, 0.2) is 11.6 Å². The van der Waals surface area contributed by atoms with Crippen LogP contribution < -0.4 is 35.4 Å². The summed E-state index contributed by atoms with van der Waals surface area (Å²) in [5.74, 6) is 1.92. The third-order valence-corrected chi connectivity index (χ3v) is 14.3. The lowest BCUT2D eigenvalue weighted by atomic mass is 9.88. The number of pyridine rings is 4. The number of amides is 1. The van der Waals surface area contributed by atoms with E-state index >= 15 is 0 Å². The number of hydrogen-bond donors (Lipinski definition) is 4. The van der Waals surface area contributed by atoms with Crippen LogP contribution in [0.2, 0.25) is 0 Å². The van der Waals surface area contributed by atoms with Gasteiger partial charge < -0.3 is 49.0 Å². The summed E-state index contributed by atoms with van der Waals surface area (Å²) in [5, 5.41) is 15.1. The van der Waals surface area contributed by atoms with Crippen LogP contribution in [0.15, 0.2) is 94.5 Å². The quantitative estimate of drug-likeness (QED) is 0.0807. The molecule has 3 aromatic carbocycles. The van der Waals surface area contributed by atoms with Crippen molar-refractivity contribution in [3.8, 4) is 51.3 Å². The summed E-state index contributed by atoms with van der Waals surface area (Å²) in [4.78, 5) is 53.8. The fourth-order valence-electron chi connectivity index (χ4n) is 9.90. The van der Waals surface area contributed by atoms with E-state index in [1.54, 1.807) is 24.1 Å². The summed E-state index contributed by atoms with van der Waals surface area (Å²) in [7, 11) is 1.62. The van der Waals surface area contributed by atoms with Gasteiger partial charge in [0.2, 0.25) is 0 Å². The second kappa shape index (κ2) is 23.6. The van der Waals surface area contributed by atoms with Gasteiger partial charge in [0.05, 0.1) is 42.8 Å². The second-order valence-electron chi connectivity index (χ2n) is 21.3. The summed E-state index contributed by atoms with van der Waals surface area (Å²) in [5.41, 5.74) is 3.10. The number of benzene rings is 3. The number of carbonyl (C=O) groups excluding carboxylic acids is 1. The topological polar surface area (TPSA) is 190 Å². The van der Waals surface area contributed by atoms with E-state index in [1.165, 1.54) is 12.1 Å². The lowest BCUT2D eigenvalue weighted by Crippen LogP contribution is -2.42. The van der Waals surface area contributed by atoms with E-state index in [0.29, 0.717) is 101 Å². The molecule has 0 radical (unpaired) electrons. The highest BCUT2D eigenvalue weighted by Crippen LogP contribution is 2.44. The highest BCUT2D eigenvalue weighted by Gasteiger charge is 2.32. The predicted octanol–water partition coefficient (Wildman–Crippen LogP) is 11.3. The van der Waals surface area contributed by atoms with Crippen LogP contribution in [0.25, 0.3) is 44.6 Å². The minimum atomic E-state index is -0.889. The number of carbonyl (C=O) groups is 1. The summed E-state index contributed by atoms with van der Waals surface area (Å²) in [6, 6.07) is 24.8. The summed E-state index contributed by atoms with van der Waals surface area (Å²) in [6.07, 6.45) is 7.67. The first-order valence-corrected chi connectivity index (χ1v) is 26.3. The van der Waals surface area contributed by atoms with Gasteiger partial charge in [0.25, 0.3) is 11.1 Å². The number of nitrogens with one attached hydrogen (secondary N) is 3. The first-order chi connectivity index (χ1) is 36.7. The molecule has 2 atom stereocenters. The molecule has 4 aromatic heterocycles. The average Bonchev–Trinajstić information content (AvgIpc) is 4.39. The first-order valence-electron chi connectivity index (χ1n) is 26.3. The minimum Gasteiger partial charge on any atom is -0.507 e. The molecule has 4 fully saturated rings. The van der Waals surface area contributed by atoms with Crippen LogP contribution in [0, 0.1) is 23.5 Å². The van der Waals surface area contributed by atoms with E-state index < -0.39 is 28.4 Å². The predicted molar refractivity (Wildman–Crippen MR) is 293 cm³/mol. The maximum absolute atomic E-state index is 14.7. The van der Waals surface area contributed by atoms with Crippen LogP contribution in [0.3, 0.4) is 0 Å². The van der Waals surface area contributed by atoms with Crippen molar-refractivity contribution in [2.75, 3.05) is 46.5 Å². The number of piperidine rings is 2. The highest BCUT2D eigenvalue weighted by atomic mass is 35.5. The molecule has 4 aliphatic rings. The maximum Gasteiger partial charge on any atom is 0.410 e. The van der Waals surface area contributed by atoms with E-state index in [9.17, 15) is 28.3 Å². The molecule has 0 spiro atoms. The molecule has 7 aromatic rings. The van der Waals surface area contributed by atoms with Gasteiger partial charge in [-0.1, -0.05) is 24.3 Å². The van der Waals surface area contributed by atoms with Crippen molar-refractivity contribution in [2.24, 2.45) is 11.8 Å². The van der Waals surface area contributed by atoms with Gasteiger partial charge in [0.1, 0.15) is 52.2 Å². The number of H-pyrrole nitrogens is 2. The zero-order chi connectivity index (χ0) is 53.1. The van der Waals surface area contributed by atoms with Crippen LogP contribution in [0.4, 0.5) is 13.6 Å². The standard InChI is InChI=1S/C36H40FN3O6.C23H24FN3O3.ClH/c1-36(2,3)46-35(42)40-16-6-7-24(19-40)26-18-29(38-33-27(26)17-28(37)34(41)39-33)32-30(44-20-22-10-11-22)8-5-9-31(32)45-21-23-12-14-25(43-4)15-13-23;24-17-9-16-15(14-3-2-8-25-11-14)10-18(26-22(16)27-23(17)29)21-19(28)4-1-5-20(21)30-12-13-6-7-13;/h5,8-9,12-15,17-18,22,24H,6-7,10-11,16,19-21H2,1-4H3,(H,38,39,41);1,4-5,9-10,13-14,25,28H,2-3,6-8,11-12H2,(H,26,27,29);1H. The van der Waals surface area contributed by atoms with Gasteiger partial charge in [-0.2, -0.15) is 0 Å². The van der Waals surface area contributed by atoms with Crippen molar-refractivity contribution >= 4 is 40.6 Å². The van der Waals surface area contributed by atoms with Gasteiger partial charge in [-0.3, -0.25) is 9.59 Å². The van der Waals surface area contributed by atoms with E-state index in [0.717, 1.165) is 86.9 Å². The van der Waals surface area contributed by atoms with Gasteiger partial charge in [-0.15, -0.1) is 12.4 Å². The van der Waals surface area contributed by atoms with Crippen LogP contribution in [0.1, 0.15) is 101 Å². The molecule has 2 aliphatic heterocycles. The Balaban J connectivity index is 0.000000201. The van der Waals surface area contributed by atoms with Crippen molar-refractivity contribution in [1.29, 1.82) is 0 Å². The highest BCUT2D eigenvalue weighted by molar-refractivity contribution is 5.87. The number of hydrogen-bond acceptors (Lipinski definition) is 12. The third kappa shape index (κ3) is 13.1. The zero-order valence-corrected chi connectivity index (χ0v) is 44.5. The number of fused-ring (bicyclic) bond motifs is 2. The normalized spacial score (nSPS) is 17.5. The lowest BCUT2D eigenvalue weighted by molar-refractivity contribution is 0.0198. The van der Waals surface area contributed by atoms with Crippen molar-refractivity contribution in [3.63, 3.8) is 0 Å². The minimum absolute atomic E-state index is 0. The molecule has 406 valence electrons. The number of nitrogens with zero attached hydrogens (tertiary/aromatic N) is 3. The Bertz CT molecular complexity index is 3370. The average molecular weight is 1080 g/mol. The Morgan fingerprint density at radius 3 is 1.82 bits per heavy atom. The Morgan fingerprint density at radius 1 is 0.714 bits per heavy atom. The monoisotopic (exact) mass is 1070 g/mol. The second-order valence-corrected chi connectivity index (χ2v) is 21.3. The molecule has 77 heavy (non-hydrogen) atoms. The number of methoxy groups -OCH3 is 1. The Morgan fingerprint density at radius 2 is 1.26 bits per heavy atom. The van der Waals surface area contributed by atoms with Crippen LogP contribution >= 0.6 is 12.4 Å². The number of aromatic nitrogens is 4. The molecular weight excluding hydrogens is 1010 g/mol. The van der Waals surface area contributed by atoms with Crippen LogP contribution in [-0.2, 0) is 11.3 Å². The summed E-state index contributed by atoms with van der Waals surface area (Å²) in [6.45, 7) is 9.65. The Kier molecular flexibility index (Phi) is 16.7. The van der Waals surface area contributed by atoms with Gasteiger partial charge in [0, 0.05) is 36.3 Å². The smallest absolute Gasteiger partial charge is 0.410 e. The largest absolute Gasteiger partial charge is 0.507 e. The fraction of sp³-hybridized carbons (Fsp3) is 0.407. The molecule has 2 saturated heterocycles. The van der Waals surface area contributed by atoms with E-state index in [1.807, 2.05) is 81.4 Å². The number of phenolic OH excluding ortho intramolecular Hbond substituents is 1. The molecule has 18 heteroatoms. The molecule has 11 rings (SSSR count). The first kappa shape index (κ1) is 54.5. The molecule has 4 N–H and O–H groups in total. The number of likely N-dealkylation sites (tertiary alicyclic amines) is 1.